The van der Waals surface area contributed by atoms with E-state index in [-0.39, 0.29) is 34.9 Å². The van der Waals surface area contributed by atoms with E-state index in [1.165, 1.54) is 18.3 Å². The first-order valence-electron chi connectivity index (χ1n) is 5.92. The topological polar surface area (TPSA) is 117 Å². The number of pyridine rings is 1. The van der Waals surface area contributed by atoms with Crippen LogP contribution in [0, 0.1) is 11.3 Å². The Morgan fingerprint density at radius 3 is 2.60 bits per heavy atom. The van der Waals surface area contributed by atoms with Crippen molar-refractivity contribution in [3.8, 4) is 6.07 Å². The van der Waals surface area contributed by atoms with Gasteiger partial charge in [-0.3, -0.25) is 0 Å². The average molecular weight is 315 g/mol. The average Bonchev–Trinajstić information content (AvgIpc) is 2.41. The third-order valence-corrected chi connectivity index (χ3v) is 6.31. The number of nitriles is 1. The molecule has 0 amide bonds. The summed E-state index contributed by atoms with van der Waals surface area (Å²) in [6, 6.07) is 4.02. The number of aromatic nitrogens is 1. The molecule has 1 aliphatic rings. The Hall–Kier alpha value is -1.50. The summed E-state index contributed by atoms with van der Waals surface area (Å²) in [7, 11) is -6.92. The fourth-order valence-corrected chi connectivity index (χ4v) is 4.89. The lowest BCUT2D eigenvalue weighted by Crippen LogP contribution is -2.41. The Balaban J connectivity index is 2.19. The van der Waals surface area contributed by atoms with Crippen molar-refractivity contribution in [2.75, 3.05) is 11.5 Å². The molecule has 1 aromatic heterocycles. The van der Waals surface area contributed by atoms with Gasteiger partial charge in [0.1, 0.15) is 20.8 Å². The van der Waals surface area contributed by atoms with E-state index in [1.807, 2.05) is 0 Å². The zero-order valence-corrected chi connectivity index (χ0v) is 12.1. The highest BCUT2D eigenvalue weighted by Crippen LogP contribution is 2.17. The van der Waals surface area contributed by atoms with Crippen LogP contribution < -0.4 is 4.72 Å². The van der Waals surface area contributed by atoms with Crippen LogP contribution >= 0.6 is 0 Å². The Labute approximate surface area is 117 Å². The van der Waals surface area contributed by atoms with Gasteiger partial charge in [0.15, 0.2) is 5.69 Å². The Kier molecular flexibility index (Phi) is 4.08. The van der Waals surface area contributed by atoms with Crippen LogP contribution in [-0.4, -0.2) is 39.4 Å². The third kappa shape index (κ3) is 3.33. The number of rotatable bonds is 3. The normalized spacial score (nSPS) is 19.4. The maximum absolute atomic E-state index is 12.2. The molecule has 20 heavy (non-hydrogen) atoms. The van der Waals surface area contributed by atoms with Crippen molar-refractivity contribution in [3.05, 3.63) is 24.0 Å². The van der Waals surface area contributed by atoms with Crippen molar-refractivity contribution in [2.24, 2.45) is 0 Å². The molecule has 0 unspecified atom stereocenters. The highest BCUT2D eigenvalue weighted by molar-refractivity contribution is 7.91. The first-order valence-corrected chi connectivity index (χ1v) is 9.22. The number of nitrogens with one attached hydrogen (secondary N) is 1. The first-order chi connectivity index (χ1) is 9.34. The van der Waals surface area contributed by atoms with E-state index >= 15 is 0 Å². The summed E-state index contributed by atoms with van der Waals surface area (Å²) in [4.78, 5) is 3.52. The van der Waals surface area contributed by atoms with Gasteiger partial charge in [-0.15, -0.1) is 0 Å². The molecule has 0 bridgehead atoms. The maximum atomic E-state index is 12.2. The van der Waals surface area contributed by atoms with Crippen molar-refractivity contribution in [1.29, 1.82) is 5.26 Å². The van der Waals surface area contributed by atoms with Gasteiger partial charge in [0.2, 0.25) is 10.0 Å². The molecule has 7 nitrogen and oxygen atoms in total. The maximum Gasteiger partial charge on any atom is 0.243 e. The van der Waals surface area contributed by atoms with Crippen LogP contribution in [0.4, 0.5) is 0 Å². The molecular formula is C11H13N3O4S2. The van der Waals surface area contributed by atoms with Crippen LogP contribution in [0.25, 0.3) is 0 Å². The van der Waals surface area contributed by atoms with Crippen LogP contribution in [0.2, 0.25) is 0 Å². The van der Waals surface area contributed by atoms with E-state index in [1.54, 1.807) is 6.07 Å². The Morgan fingerprint density at radius 2 is 2.00 bits per heavy atom. The highest BCUT2D eigenvalue weighted by Gasteiger charge is 2.28. The standard InChI is InChI=1S/C11H13N3O4S2/c12-8-10-11(2-1-5-13-10)20(17,18)14-9-3-6-19(15,16)7-4-9/h1-2,5,9,14H,3-4,6-7H2. The number of sulfone groups is 1. The predicted molar refractivity (Wildman–Crippen MR) is 70.9 cm³/mol. The number of hydrogen-bond acceptors (Lipinski definition) is 6. The van der Waals surface area contributed by atoms with Crippen molar-refractivity contribution in [3.63, 3.8) is 0 Å². The molecule has 9 heteroatoms. The molecule has 2 heterocycles. The van der Waals surface area contributed by atoms with Crippen LogP contribution in [0.1, 0.15) is 18.5 Å². The van der Waals surface area contributed by atoms with Gasteiger partial charge in [0.05, 0.1) is 11.5 Å². The summed E-state index contributed by atoms with van der Waals surface area (Å²) in [6.07, 6.45) is 1.82. The number of sulfonamides is 1. The molecular weight excluding hydrogens is 302 g/mol. The summed E-state index contributed by atoms with van der Waals surface area (Å²) in [6.45, 7) is 0. The molecule has 108 valence electrons. The lowest BCUT2D eigenvalue weighted by atomic mass is 10.2. The second-order valence-electron chi connectivity index (χ2n) is 4.51. The molecule has 0 radical (unpaired) electrons. The summed E-state index contributed by atoms with van der Waals surface area (Å²) in [5.74, 6) is -0.0589. The molecule has 2 rings (SSSR count). The van der Waals surface area contributed by atoms with Crippen LogP contribution in [0.5, 0.6) is 0 Å². The lowest BCUT2D eigenvalue weighted by molar-refractivity contribution is 0.505. The van der Waals surface area contributed by atoms with Crippen molar-refractivity contribution in [1.82, 2.24) is 9.71 Å². The van der Waals surface area contributed by atoms with Crippen LogP contribution in [0.3, 0.4) is 0 Å². The van der Waals surface area contributed by atoms with Crippen molar-refractivity contribution < 1.29 is 16.8 Å². The minimum atomic E-state index is -3.87. The van der Waals surface area contributed by atoms with E-state index < -0.39 is 25.9 Å². The zero-order chi connectivity index (χ0) is 14.8. The highest BCUT2D eigenvalue weighted by atomic mass is 32.2. The van der Waals surface area contributed by atoms with E-state index in [9.17, 15) is 16.8 Å². The van der Waals surface area contributed by atoms with Crippen molar-refractivity contribution >= 4 is 19.9 Å². The van der Waals surface area contributed by atoms with Gasteiger partial charge in [0.25, 0.3) is 0 Å². The molecule has 0 aromatic carbocycles. The summed E-state index contributed by atoms with van der Waals surface area (Å²) >= 11 is 0. The third-order valence-electron chi connectivity index (χ3n) is 3.04. The fourth-order valence-electron chi connectivity index (χ4n) is 1.98. The molecule has 0 atom stereocenters. The molecule has 0 aliphatic carbocycles. The smallest absolute Gasteiger partial charge is 0.243 e. The Bertz CT molecular complexity index is 736. The molecule has 0 saturated carbocycles. The van der Waals surface area contributed by atoms with Gasteiger partial charge in [-0.05, 0) is 25.0 Å². The van der Waals surface area contributed by atoms with Gasteiger partial charge in [0, 0.05) is 12.2 Å². The second-order valence-corrected chi connectivity index (χ2v) is 8.50. The minimum Gasteiger partial charge on any atom is -0.244 e. The Morgan fingerprint density at radius 1 is 1.35 bits per heavy atom. The lowest BCUT2D eigenvalue weighted by Gasteiger charge is -2.22. The molecule has 1 saturated heterocycles. The quantitative estimate of drug-likeness (QED) is 0.826. The van der Waals surface area contributed by atoms with Gasteiger partial charge < -0.3 is 0 Å². The molecule has 1 aromatic rings. The predicted octanol–water partition coefficient (Wildman–Crippen LogP) is -0.191. The minimum absolute atomic E-state index is 0.0294. The zero-order valence-electron chi connectivity index (χ0n) is 10.5. The van der Waals surface area contributed by atoms with E-state index in [0.717, 1.165) is 0 Å². The van der Waals surface area contributed by atoms with Crippen LogP contribution in [0.15, 0.2) is 23.2 Å². The van der Waals surface area contributed by atoms with E-state index in [0.29, 0.717) is 0 Å². The summed E-state index contributed by atoms with van der Waals surface area (Å²) in [5, 5.41) is 8.87. The summed E-state index contributed by atoms with van der Waals surface area (Å²) < 4.78 is 49.4. The van der Waals surface area contributed by atoms with Gasteiger partial charge in [-0.1, -0.05) is 0 Å². The monoisotopic (exact) mass is 315 g/mol. The van der Waals surface area contributed by atoms with Gasteiger partial charge in [-0.25, -0.2) is 26.5 Å². The number of nitrogens with zero attached hydrogens (tertiary/aromatic N) is 2. The SMILES string of the molecule is N#Cc1ncccc1S(=O)(=O)NC1CCS(=O)(=O)CC1. The largest absolute Gasteiger partial charge is 0.244 e. The molecule has 1 fully saturated rings. The molecule has 1 N–H and O–H groups in total. The molecule has 1 aliphatic heterocycles. The summed E-state index contributed by atoms with van der Waals surface area (Å²) in [5.41, 5.74) is -0.177. The van der Waals surface area contributed by atoms with Gasteiger partial charge >= 0.3 is 0 Å². The second kappa shape index (κ2) is 5.47. The molecule has 0 spiro atoms. The van der Waals surface area contributed by atoms with Gasteiger partial charge in [-0.2, -0.15) is 5.26 Å². The van der Waals surface area contributed by atoms with Crippen LogP contribution in [-0.2, 0) is 19.9 Å². The fraction of sp³-hybridized carbons (Fsp3) is 0.455. The first kappa shape index (κ1) is 14.9. The van der Waals surface area contributed by atoms with E-state index in [4.69, 9.17) is 5.26 Å². The number of hydrogen-bond donors (Lipinski definition) is 1. The van der Waals surface area contributed by atoms with Crippen molar-refractivity contribution in [2.45, 2.75) is 23.8 Å². The van der Waals surface area contributed by atoms with E-state index in [2.05, 4.69) is 9.71 Å².